The third-order valence-electron chi connectivity index (χ3n) is 1.79. The summed E-state index contributed by atoms with van der Waals surface area (Å²) >= 11 is 3.27. The Bertz CT molecular complexity index is 312. The highest BCUT2D eigenvalue weighted by molar-refractivity contribution is 9.11. The van der Waals surface area contributed by atoms with Crippen molar-refractivity contribution in [1.29, 1.82) is 0 Å². The van der Waals surface area contributed by atoms with Crippen LogP contribution in [0, 0.1) is 5.92 Å². The van der Waals surface area contributed by atoms with Crippen molar-refractivity contribution < 1.29 is 14.6 Å². The quantitative estimate of drug-likeness (QED) is 0.601. The van der Waals surface area contributed by atoms with Crippen molar-refractivity contribution in [3.05, 3.63) is 35.0 Å². The molecule has 0 aliphatic heterocycles. The van der Waals surface area contributed by atoms with Crippen LogP contribution in [-0.4, -0.2) is 17.2 Å². The second-order valence-corrected chi connectivity index (χ2v) is 4.90. The van der Waals surface area contributed by atoms with E-state index in [0.717, 1.165) is 4.48 Å². The number of hydrogen-bond donors (Lipinski definition) is 1. The van der Waals surface area contributed by atoms with E-state index in [-0.39, 0.29) is 5.92 Å². The van der Waals surface area contributed by atoms with Crippen LogP contribution in [0.1, 0.15) is 20.8 Å². The molecule has 0 aromatic carbocycles. The maximum absolute atomic E-state index is 10.9. The highest BCUT2D eigenvalue weighted by Gasteiger charge is 2.23. The molecule has 0 saturated carbocycles. The summed E-state index contributed by atoms with van der Waals surface area (Å²) in [4.78, 5) is 10.9. The van der Waals surface area contributed by atoms with Gasteiger partial charge in [0.05, 0.1) is 0 Å². The minimum atomic E-state index is -0.970. The average molecular weight is 289 g/mol. The first-order chi connectivity index (χ1) is 7.38. The number of halogens is 1. The lowest BCUT2D eigenvalue weighted by Crippen LogP contribution is -2.28. The number of carboxylic acid groups (broad SMARTS) is 1. The van der Waals surface area contributed by atoms with Gasteiger partial charge in [-0.25, -0.2) is 4.79 Å². The molecule has 0 aromatic rings. The first-order valence-corrected chi connectivity index (χ1v) is 5.73. The van der Waals surface area contributed by atoms with Crippen LogP contribution < -0.4 is 0 Å². The summed E-state index contributed by atoms with van der Waals surface area (Å²) < 4.78 is 6.27. The van der Waals surface area contributed by atoms with Crippen LogP contribution in [-0.2, 0) is 9.53 Å². The Morgan fingerprint density at radius 3 is 2.31 bits per heavy atom. The maximum Gasteiger partial charge on any atom is 0.345 e. The van der Waals surface area contributed by atoms with Crippen LogP contribution in [0.4, 0.5) is 0 Å². The molecule has 0 aromatic heterocycles. The number of ether oxygens (including phenoxy) is 1. The van der Waals surface area contributed by atoms with Gasteiger partial charge in [-0.3, -0.25) is 0 Å². The van der Waals surface area contributed by atoms with Gasteiger partial charge in [0.2, 0.25) is 0 Å². The SMILES string of the molecule is C=C/C(=C\C=C(/C)Br)OC(C(=O)O)C(C)C. The number of carboxylic acids is 1. The van der Waals surface area contributed by atoms with E-state index in [9.17, 15) is 4.79 Å². The number of hydrogen-bond acceptors (Lipinski definition) is 2. The zero-order valence-corrected chi connectivity index (χ0v) is 11.3. The normalized spacial score (nSPS) is 14.8. The highest BCUT2D eigenvalue weighted by atomic mass is 79.9. The summed E-state index contributed by atoms with van der Waals surface area (Å²) in [6, 6.07) is 0. The molecule has 0 amide bonds. The maximum atomic E-state index is 10.9. The lowest BCUT2D eigenvalue weighted by molar-refractivity contribution is -0.150. The highest BCUT2D eigenvalue weighted by Crippen LogP contribution is 2.14. The summed E-state index contributed by atoms with van der Waals surface area (Å²) in [5.41, 5.74) is 0. The number of aliphatic carboxylic acids is 1. The Labute approximate surface area is 105 Å². The van der Waals surface area contributed by atoms with E-state index in [1.807, 2.05) is 6.92 Å². The van der Waals surface area contributed by atoms with Crippen LogP contribution >= 0.6 is 15.9 Å². The van der Waals surface area contributed by atoms with Crippen molar-refractivity contribution >= 4 is 21.9 Å². The standard InChI is InChI=1S/C12H17BrO3/c1-5-10(7-6-9(4)13)16-11(8(2)3)12(14)15/h5-8,11H,1H2,2-4H3,(H,14,15)/b9-6+,10-7+. The van der Waals surface area contributed by atoms with Crippen molar-refractivity contribution in [1.82, 2.24) is 0 Å². The number of carbonyl (C=O) groups is 1. The van der Waals surface area contributed by atoms with Gasteiger partial charge in [-0.15, -0.1) is 0 Å². The van der Waals surface area contributed by atoms with Crippen molar-refractivity contribution in [2.75, 3.05) is 0 Å². The molecule has 0 bridgehead atoms. The largest absolute Gasteiger partial charge is 0.478 e. The molecule has 4 heteroatoms. The molecule has 0 fully saturated rings. The minimum Gasteiger partial charge on any atom is -0.478 e. The average Bonchev–Trinajstić information content (AvgIpc) is 2.16. The Kier molecular flexibility index (Phi) is 6.81. The molecule has 90 valence electrons. The molecule has 16 heavy (non-hydrogen) atoms. The van der Waals surface area contributed by atoms with Crippen molar-refractivity contribution in [2.45, 2.75) is 26.9 Å². The molecule has 1 N–H and O–H groups in total. The fraction of sp³-hybridized carbons (Fsp3) is 0.417. The second-order valence-electron chi connectivity index (χ2n) is 3.65. The Hall–Kier alpha value is -1.03. The minimum absolute atomic E-state index is 0.102. The molecule has 0 aliphatic rings. The summed E-state index contributed by atoms with van der Waals surface area (Å²) in [7, 11) is 0. The van der Waals surface area contributed by atoms with Crippen molar-refractivity contribution in [3.8, 4) is 0 Å². The third-order valence-corrected chi connectivity index (χ3v) is 2.05. The van der Waals surface area contributed by atoms with Crippen LogP contribution in [0.5, 0.6) is 0 Å². The van der Waals surface area contributed by atoms with E-state index in [1.165, 1.54) is 6.08 Å². The number of allylic oxidation sites excluding steroid dienone is 4. The Balaban J connectivity index is 4.75. The summed E-state index contributed by atoms with van der Waals surface area (Å²) in [6.07, 6.45) is 4.09. The first-order valence-electron chi connectivity index (χ1n) is 4.94. The van der Waals surface area contributed by atoms with E-state index in [2.05, 4.69) is 22.5 Å². The summed E-state index contributed by atoms with van der Waals surface area (Å²) in [6.45, 7) is 9.04. The molecular formula is C12H17BrO3. The second kappa shape index (κ2) is 7.28. The molecule has 1 unspecified atom stereocenters. The van der Waals surface area contributed by atoms with Crippen LogP contribution in [0.25, 0.3) is 0 Å². The topological polar surface area (TPSA) is 46.5 Å². The van der Waals surface area contributed by atoms with Gasteiger partial charge in [0.15, 0.2) is 6.10 Å². The molecule has 3 nitrogen and oxygen atoms in total. The van der Waals surface area contributed by atoms with E-state index >= 15 is 0 Å². The Morgan fingerprint density at radius 2 is 2.00 bits per heavy atom. The molecule has 0 heterocycles. The van der Waals surface area contributed by atoms with Gasteiger partial charge in [0.1, 0.15) is 5.76 Å². The zero-order valence-electron chi connectivity index (χ0n) is 9.74. The smallest absolute Gasteiger partial charge is 0.345 e. The van der Waals surface area contributed by atoms with Crippen LogP contribution in [0.2, 0.25) is 0 Å². The fourth-order valence-corrected chi connectivity index (χ4v) is 1.10. The summed E-state index contributed by atoms with van der Waals surface area (Å²) in [5, 5.41) is 8.95. The molecule has 0 rings (SSSR count). The third kappa shape index (κ3) is 5.75. The Morgan fingerprint density at radius 1 is 1.44 bits per heavy atom. The van der Waals surface area contributed by atoms with E-state index in [0.29, 0.717) is 5.76 Å². The van der Waals surface area contributed by atoms with Gasteiger partial charge in [-0.1, -0.05) is 36.4 Å². The van der Waals surface area contributed by atoms with E-state index in [1.54, 1.807) is 26.0 Å². The molecular weight excluding hydrogens is 272 g/mol. The lowest BCUT2D eigenvalue weighted by atomic mass is 10.1. The van der Waals surface area contributed by atoms with Gasteiger partial charge in [-0.05, 0) is 29.6 Å². The zero-order chi connectivity index (χ0) is 12.7. The van der Waals surface area contributed by atoms with Gasteiger partial charge < -0.3 is 9.84 Å². The molecule has 0 aliphatic carbocycles. The lowest BCUT2D eigenvalue weighted by Gasteiger charge is -2.18. The van der Waals surface area contributed by atoms with E-state index < -0.39 is 12.1 Å². The molecule has 1 atom stereocenters. The molecule has 0 radical (unpaired) electrons. The van der Waals surface area contributed by atoms with E-state index in [4.69, 9.17) is 9.84 Å². The van der Waals surface area contributed by atoms with Crippen molar-refractivity contribution in [2.24, 2.45) is 5.92 Å². The molecule has 0 saturated heterocycles. The predicted molar refractivity (Wildman–Crippen MR) is 68.3 cm³/mol. The van der Waals surface area contributed by atoms with Gasteiger partial charge >= 0.3 is 5.97 Å². The predicted octanol–water partition coefficient (Wildman–Crippen LogP) is 3.48. The molecule has 0 spiro atoms. The van der Waals surface area contributed by atoms with Gasteiger partial charge in [-0.2, -0.15) is 0 Å². The number of rotatable bonds is 6. The first kappa shape index (κ1) is 15.0. The summed E-state index contributed by atoms with van der Waals surface area (Å²) in [5.74, 6) is -0.628. The van der Waals surface area contributed by atoms with Crippen LogP contribution in [0.15, 0.2) is 35.0 Å². The van der Waals surface area contributed by atoms with Gasteiger partial charge in [0, 0.05) is 5.92 Å². The van der Waals surface area contributed by atoms with Crippen molar-refractivity contribution in [3.63, 3.8) is 0 Å². The fourth-order valence-electron chi connectivity index (χ4n) is 0.971. The van der Waals surface area contributed by atoms with Gasteiger partial charge in [0.25, 0.3) is 0 Å². The monoisotopic (exact) mass is 288 g/mol. The van der Waals surface area contributed by atoms with Crippen LogP contribution in [0.3, 0.4) is 0 Å².